The van der Waals surface area contributed by atoms with E-state index in [1.54, 1.807) is 14.2 Å². The molecule has 0 bridgehead atoms. The summed E-state index contributed by atoms with van der Waals surface area (Å²) in [5.74, 6) is 1.80. The number of methoxy groups -OCH3 is 2. The SMILES string of the molecule is COc1ccc2c(c1)SC(C)(C)c1c-2n(C)c2ccc(OC)cc12. The van der Waals surface area contributed by atoms with Crippen molar-refractivity contribution in [2.24, 2.45) is 7.05 Å². The van der Waals surface area contributed by atoms with E-state index in [9.17, 15) is 0 Å². The molecule has 0 saturated heterocycles. The van der Waals surface area contributed by atoms with Gasteiger partial charge >= 0.3 is 0 Å². The summed E-state index contributed by atoms with van der Waals surface area (Å²) in [4.78, 5) is 1.27. The molecule has 0 unspecified atom stereocenters. The van der Waals surface area contributed by atoms with Crippen LogP contribution in [0.5, 0.6) is 11.5 Å². The number of benzene rings is 2. The minimum Gasteiger partial charge on any atom is -0.497 e. The van der Waals surface area contributed by atoms with Gasteiger partial charge in [-0.25, -0.2) is 0 Å². The maximum absolute atomic E-state index is 5.46. The molecule has 2 heterocycles. The molecule has 3 aromatic rings. The number of thioether (sulfide) groups is 1. The molecule has 1 aliphatic rings. The molecule has 4 rings (SSSR count). The Morgan fingerprint density at radius 2 is 1.62 bits per heavy atom. The van der Waals surface area contributed by atoms with Gasteiger partial charge in [-0.05, 0) is 50.2 Å². The van der Waals surface area contributed by atoms with Crippen LogP contribution in [0.15, 0.2) is 41.3 Å². The predicted octanol–water partition coefficient (Wildman–Crippen LogP) is 5.20. The van der Waals surface area contributed by atoms with Crippen LogP contribution in [0, 0.1) is 0 Å². The summed E-state index contributed by atoms with van der Waals surface area (Å²) >= 11 is 1.89. The number of ether oxygens (including phenoxy) is 2. The second-order valence-electron chi connectivity index (χ2n) is 6.64. The lowest BCUT2D eigenvalue weighted by atomic mass is 9.94. The molecule has 2 aromatic carbocycles. The number of nitrogens with zero attached hydrogens (tertiary/aromatic N) is 1. The molecule has 0 atom stereocenters. The summed E-state index contributed by atoms with van der Waals surface area (Å²) in [5, 5.41) is 1.27. The summed E-state index contributed by atoms with van der Waals surface area (Å²) in [6.07, 6.45) is 0. The zero-order valence-corrected chi connectivity index (χ0v) is 15.5. The first-order valence-electron chi connectivity index (χ1n) is 8.00. The van der Waals surface area contributed by atoms with Crippen LogP contribution in [0.1, 0.15) is 19.4 Å². The average molecular weight is 339 g/mol. The maximum atomic E-state index is 5.46. The van der Waals surface area contributed by atoms with Crippen LogP contribution in [0.2, 0.25) is 0 Å². The molecule has 0 spiro atoms. The molecule has 0 radical (unpaired) electrons. The minimum atomic E-state index is -0.0272. The minimum absolute atomic E-state index is 0.0272. The van der Waals surface area contributed by atoms with E-state index in [1.807, 2.05) is 23.9 Å². The second kappa shape index (κ2) is 5.21. The van der Waals surface area contributed by atoms with Gasteiger partial charge in [0.2, 0.25) is 0 Å². The van der Waals surface area contributed by atoms with Crippen LogP contribution >= 0.6 is 11.8 Å². The van der Waals surface area contributed by atoms with Crippen LogP contribution in [0.25, 0.3) is 22.2 Å². The topological polar surface area (TPSA) is 23.4 Å². The molecule has 0 fully saturated rings. The maximum Gasteiger partial charge on any atom is 0.120 e. The number of fused-ring (bicyclic) bond motifs is 5. The van der Waals surface area contributed by atoms with Crippen LogP contribution in [0.4, 0.5) is 0 Å². The average Bonchev–Trinajstić information content (AvgIpc) is 2.87. The second-order valence-corrected chi connectivity index (χ2v) is 8.30. The van der Waals surface area contributed by atoms with Gasteiger partial charge in [0.1, 0.15) is 11.5 Å². The van der Waals surface area contributed by atoms with E-state index in [4.69, 9.17) is 9.47 Å². The normalized spacial score (nSPS) is 15.0. The van der Waals surface area contributed by atoms with Crippen LogP contribution in [-0.4, -0.2) is 18.8 Å². The summed E-state index contributed by atoms with van der Waals surface area (Å²) in [5.41, 5.74) is 5.17. The third-order valence-electron chi connectivity index (χ3n) is 4.82. The Morgan fingerprint density at radius 1 is 0.958 bits per heavy atom. The highest BCUT2D eigenvalue weighted by atomic mass is 32.2. The van der Waals surface area contributed by atoms with Gasteiger partial charge in [-0.3, -0.25) is 0 Å². The molecule has 0 amide bonds. The van der Waals surface area contributed by atoms with Gasteiger partial charge < -0.3 is 14.0 Å². The first-order valence-corrected chi connectivity index (χ1v) is 8.82. The largest absolute Gasteiger partial charge is 0.497 e. The van der Waals surface area contributed by atoms with Crippen molar-refractivity contribution in [3.05, 3.63) is 42.0 Å². The Bertz CT molecular complexity index is 956. The van der Waals surface area contributed by atoms with E-state index < -0.39 is 0 Å². The molecular formula is C20H21NO2S. The molecule has 4 heteroatoms. The van der Waals surface area contributed by atoms with Crippen molar-refractivity contribution in [3.8, 4) is 22.8 Å². The third-order valence-corrected chi connectivity index (χ3v) is 6.09. The van der Waals surface area contributed by atoms with Gasteiger partial charge in [0.05, 0.1) is 19.9 Å². The number of aromatic nitrogens is 1. The molecule has 1 aliphatic heterocycles. The number of aryl methyl sites for hydroxylation is 1. The van der Waals surface area contributed by atoms with Crippen molar-refractivity contribution < 1.29 is 9.47 Å². The lowest BCUT2D eigenvalue weighted by Gasteiger charge is -2.32. The Kier molecular flexibility index (Phi) is 3.36. The van der Waals surface area contributed by atoms with Crippen LogP contribution in [-0.2, 0) is 11.8 Å². The van der Waals surface area contributed by atoms with Gasteiger partial charge in [-0.1, -0.05) is 0 Å². The van der Waals surface area contributed by atoms with E-state index in [2.05, 4.69) is 49.7 Å². The summed E-state index contributed by atoms with van der Waals surface area (Å²) in [6.45, 7) is 4.58. The third kappa shape index (κ3) is 2.06. The van der Waals surface area contributed by atoms with Crippen LogP contribution < -0.4 is 9.47 Å². The number of hydrogen-bond donors (Lipinski definition) is 0. The summed E-state index contributed by atoms with van der Waals surface area (Å²) < 4.78 is 13.2. The van der Waals surface area contributed by atoms with E-state index >= 15 is 0 Å². The standard InChI is InChI=1S/C20H21NO2S/c1-20(2)18-15-10-12(22-4)7-9-16(15)21(3)19(18)14-8-6-13(23-5)11-17(14)24-20/h6-11H,1-5H3. The Balaban J connectivity index is 2.10. The highest BCUT2D eigenvalue weighted by molar-refractivity contribution is 8.00. The molecule has 0 N–H and O–H groups in total. The fourth-order valence-electron chi connectivity index (χ4n) is 3.71. The van der Waals surface area contributed by atoms with Crippen molar-refractivity contribution in [1.82, 2.24) is 4.57 Å². The van der Waals surface area contributed by atoms with Gasteiger partial charge in [0.15, 0.2) is 0 Å². The van der Waals surface area contributed by atoms with E-state index in [0.29, 0.717) is 0 Å². The van der Waals surface area contributed by atoms with Crippen molar-refractivity contribution >= 4 is 22.7 Å². The quantitative estimate of drug-likeness (QED) is 0.641. The molecule has 24 heavy (non-hydrogen) atoms. The molecule has 1 aromatic heterocycles. The fourth-order valence-corrected chi connectivity index (χ4v) is 5.02. The van der Waals surface area contributed by atoms with Gasteiger partial charge in [0, 0.05) is 38.7 Å². The van der Waals surface area contributed by atoms with E-state index in [-0.39, 0.29) is 4.75 Å². The zero-order chi connectivity index (χ0) is 17.1. The van der Waals surface area contributed by atoms with Gasteiger partial charge in [0.25, 0.3) is 0 Å². The molecule has 124 valence electrons. The Morgan fingerprint density at radius 3 is 2.33 bits per heavy atom. The van der Waals surface area contributed by atoms with E-state index in [1.165, 1.54) is 32.6 Å². The van der Waals surface area contributed by atoms with Crippen molar-refractivity contribution in [2.75, 3.05) is 14.2 Å². The van der Waals surface area contributed by atoms with E-state index in [0.717, 1.165) is 11.5 Å². The molecular weight excluding hydrogens is 318 g/mol. The highest BCUT2D eigenvalue weighted by Gasteiger charge is 2.36. The van der Waals surface area contributed by atoms with Crippen LogP contribution in [0.3, 0.4) is 0 Å². The Labute approximate surface area is 146 Å². The monoisotopic (exact) mass is 339 g/mol. The summed E-state index contributed by atoms with van der Waals surface area (Å²) in [7, 11) is 5.58. The van der Waals surface area contributed by atoms with Gasteiger partial charge in [-0.15, -0.1) is 11.8 Å². The smallest absolute Gasteiger partial charge is 0.120 e. The zero-order valence-electron chi connectivity index (χ0n) is 14.6. The molecule has 0 aliphatic carbocycles. The number of hydrogen-bond acceptors (Lipinski definition) is 3. The molecule has 0 saturated carbocycles. The number of rotatable bonds is 2. The Hall–Kier alpha value is -2.07. The van der Waals surface area contributed by atoms with Crippen molar-refractivity contribution in [1.29, 1.82) is 0 Å². The first-order chi connectivity index (χ1) is 11.5. The lowest BCUT2D eigenvalue weighted by molar-refractivity contribution is 0.413. The van der Waals surface area contributed by atoms with Gasteiger partial charge in [-0.2, -0.15) is 0 Å². The van der Waals surface area contributed by atoms with Crippen molar-refractivity contribution in [3.63, 3.8) is 0 Å². The summed E-state index contributed by atoms with van der Waals surface area (Å²) in [6, 6.07) is 12.7. The highest BCUT2D eigenvalue weighted by Crippen LogP contribution is 2.56. The lowest BCUT2D eigenvalue weighted by Crippen LogP contribution is -2.17. The molecule has 3 nitrogen and oxygen atoms in total. The van der Waals surface area contributed by atoms with Crippen molar-refractivity contribution in [2.45, 2.75) is 23.5 Å². The predicted molar refractivity (Wildman–Crippen MR) is 100 cm³/mol. The fraction of sp³-hybridized carbons (Fsp3) is 0.300. The first kappa shape index (κ1) is 15.5.